The second kappa shape index (κ2) is 6.98. The van der Waals surface area contributed by atoms with Crippen molar-refractivity contribution in [3.8, 4) is 11.6 Å². The number of hydrogen-bond acceptors (Lipinski definition) is 6. The maximum absolute atomic E-state index is 5.77. The summed E-state index contributed by atoms with van der Waals surface area (Å²) in [4.78, 5) is 0. The maximum Gasteiger partial charge on any atom is 0.264 e. The van der Waals surface area contributed by atoms with Crippen LogP contribution in [-0.2, 0) is 25.4 Å². The average molecular weight is 330 g/mol. The number of aryl methyl sites for hydroxylation is 2. The van der Waals surface area contributed by atoms with Gasteiger partial charge in [-0.1, -0.05) is 0 Å². The Kier molecular flexibility index (Phi) is 4.77. The summed E-state index contributed by atoms with van der Waals surface area (Å²) in [7, 11) is 5.56. The summed E-state index contributed by atoms with van der Waals surface area (Å²) in [5.41, 5.74) is 3.08. The van der Waals surface area contributed by atoms with Crippen LogP contribution in [0.15, 0.2) is 28.8 Å². The van der Waals surface area contributed by atoms with Crippen LogP contribution in [0.25, 0.3) is 11.6 Å². The van der Waals surface area contributed by atoms with Crippen LogP contribution in [0.5, 0.6) is 0 Å². The molecule has 0 spiro atoms. The van der Waals surface area contributed by atoms with E-state index < -0.39 is 0 Å². The van der Waals surface area contributed by atoms with E-state index in [2.05, 4.69) is 20.6 Å². The smallest absolute Gasteiger partial charge is 0.264 e. The number of nitrogens with one attached hydrogen (secondary N) is 1. The van der Waals surface area contributed by atoms with Gasteiger partial charge in [-0.2, -0.15) is 5.10 Å². The topological polar surface area (TPSA) is 82.9 Å². The molecule has 3 aromatic heterocycles. The van der Waals surface area contributed by atoms with Crippen molar-refractivity contribution in [1.82, 2.24) is 29.9 Å². The monoisotopic (exact) mass is 330 g/mol. The summed E-state index contributed by atoms with van der Waals surface area (Å²) in [5.74, 6) is 1.05. The zero-order chi connectivity index (χ0) is 17.1. The fraction of sp³-hybridized carbons (Fsp3) is 0.438. The van der Waals surface area contributed by atoms with Gasteiger partial charge in [0.2, 0.25) is 5.89 Å². The summed E-state index contributed by atoms with van der Waals surface area (Å²) in [6, 6.07) is 5.95. The highest BCUT2D eigenvalue weighted by Gasteiger charge is 2.17. The van der Waals surface area contributed by atoms with Crippen molar-refractivity contribution in [2.75, 3.05) is 13.7 Å². The molecule has 0 saturated heterocycles. The van der Waals surface area contributed by atoms with Crippen molar-refractivity contribution in [3.63, 3.8) is 0 Å². The van der Waals surface area contributed by atoms with Crippen LogP contribution < -0.4 is 5.32 Å². The Labute approximate surface area is 140 Å². The van der Waals surface area contributed by atoms with E-state index in [9.17, 15) is 0 Å². The number of hydrogen-bond donors (Lipinski definition) is 1. The van der Waals surface area contributed by atoms with Gasteiger partial charge in [0.15, 0.2) is 0 Å². The normalized spacial score (nSPS) is 12.7. The number of nitrogens with zero attached hydrogens (tertiary/aromatic N) is 5. The minimum absolute atomic E-state index is 0.00451. The summed E-state index contributed by atoms with van der Waals surface area (Å²) < 4.78 is 14.9. The minimum atomic E-state index is -0.00451. The van der Waals surface area contributed by atoms with Crippen molar-refractivity contribution in [1.29, 1.82) is 0 Å². The molecular formula is C16H22N6O2. The Balaban J connectivity index is 1.70. The molecule has 0 fully saturated rings. The number of aromatic nitrogens is 5. The SMILES string of the molecule is COC[C@H](NCc1nnc(-c2ccc(C)n2C)o1)c1ccnn1C. The van der Waals surface area contributed by atoms with Gasteiger partial charge in [0.1, 0.15) is 5.69 Å². The molecule has 0 unspecified atom stereocenters. The Morgan fingerprint density at radius 1 is 1.25 bits per heavy atom. The highest BCUT2D eigenvalue weighted by atomic mass is 16.5. The van der Waals surface area contributed by atoms with Crippen molar-refractivity contribution in [3.05, 3.63) is 41.7 Å². The van der Waals surface area contributed by atoms with Gasteiger partial charge in [0, 0.05) is 33.1 Å². The Bertz CT molecular complexity index is 803. The molecule has 128 valence electrons. The van der Waals surface area contributed by atoms with Crippen LogP contribution in [0.4, 0.5) is 0 Å². The lowest BCUT2D eigenvalue weighted by Crippen LogP contribution is -2.27. The number of ether oxygens (including phenoxy) is 1. The van der Waals surface area contributed by atoms with Crippen molar-refractivity contribution >= 4 is 0 Å². The molecule has 24 heavy (non-hydrogen) atoms. The summed E-state index contributed by atoms with van der Waals surface area (Å²) in [5, 5.41) is 15.8. The second-order valence-electron chi connectivity index (χ2n) is 5.69. The molecule has 8 heteroatoms. The lowest BCUT2D eigenvalue weighted by atomic mass is 10.2. The third kappa shape index (κ3) is 3.24. The van der Waals surface area contributed by atoms with E-state index in [1.54, 1.807) is 13.3 Å². The molecule has 1 N–H and O–H groups in total. The van der Waals surface area contributed by atoms with Gasteiger partial charge in [-0.3, -0.25) is 10.00 Å². The molecule has 3 rings (SSSR count). The van der Waals surface area contributed by atoms with Crippen LogP contribution in [-0.4, -0.2) is 38.3 Å². The van der Waals surface area contributed by atoms with Crippen LogP contribution >= 0.6 is 0 Å². The highest BCUT2D eigenvalue weighted by molar-refractivity contribution is 5.48. The first-order chi connectivity index (χ1) is 11.6. The Hall–Kier alpha value is -2.45. The summed E-state index contributed by atoms with van der Waals surface area (Å²) in [6.45, 7) is 3.01. The molecule has 0 radical (unpaired) electrons. The first kappa shape index (κ1) is 16.4. The molecule has 0 aliphatic carbocycles. The van der Waals surface area contributed by atoms with Crippen molar-refractivity contribution in [2.24, 2.45) is 14.1 Å². The maximum atomic E-state index is 5.77. The average Bonchev–Trinajstić information content (AvgIpc) is 3.27. The molecule has 0 aromatic carbocycles. The van der Waals surface area contributed by atoms with E-state index in [-0.39, 0.29) is 6.04 Å². The van der Waals surface area contributed by atoms with E-state index in [1.165, 1.54) is 0 Å². The van der Waals surface area contributed by atoms with Gasteiger partial charge in [0.05, 0.1) is 24.9 Å². The molecule has 0 saturated carbocycles. The molecule has 0 aliphatic rings. The fourth-order valence-electron chi connectivity index (χ4n) is 2.61. The predicted octanol–water partition coefficient (Wildman–Crippen LogP) is 1.59. The summed E-state index contributed by atoms with van der Waals surface area (Å²) >= 11 is 0. The molecule has 0 bridgehead atoms. The molecule has 0 amide bonds. The fourth-order valence-corrected chi connectivity index (χ4v) is 2.61. The van der Waals surface area contributed by atoms with E-state index >= 15 is 0 Å². The zero-order valence-electron chi connectivity index (χ0n) is 14.4. The van der Waals surface area contributed by atoms with Crippen LogP contribution in [0.2, 0.25) is 0 Å². The second-order valence-corrected chi connectivity index (χ2v) is 5.69. The molecule has 0 aliphatic heterocycles. The van der Waals surface area contributed by atoms with Gasteiger partial charge < -0.3 is 13.7 Å². The Morgan fingerprint density at radius 3 is 2.71 bits per heavy atom. The van der Waals surface area contributed by atoms with Gasteiger partial charge in [-0.15, -0.1) is 10.2 Å². The van der Waals surface area contributed by atoms with Gasteiger partial charge >= 0.3 is 0 Å². The van der Waals surface area contributed by atoms with E-state index in [4.69, 9.17) is 9.15 Å². The largest absolute Gasteiger partial charge is 0.418 e. The van der Waals surface area contributed by atoms with Gasteiger partial charge in [-0.25, -0.2) is 0 Å². The summed E-state index contributed by atoms with van der Waals surface area (Å²) in [6.07, 6.45) is 1.77. The first-order valence-corrected chi connectivity index (χ1v) is 7.75. The van der Waals surface area contributed by atoms with Crippen molar-refractivity contribution < 1.29 is 9.15 Å². The lowest BCUT2D eigenvalue weighted by Gasteiger charge is -2.17. The molecule has 3 aromatic rings. The molecular weight excluding hydrogens is 308 g/mol. The van der Waals surface area contributed by atoms with Gasteiger partial charge in [-0.05, 0) is 25.1 Å². The van der Waals surface area contributed by atoms with Crippen LogP contribution in [0, 0.1) is 6.92 Å². The van der Waals surface area contributed by atoms with E-state index in [0.29, 0.717) is 24.9 Å². The Morgan fingerprint density at radius 2 is 2.08 bits per heavy atom. The van der Waals surface area contributed by atoms with Crippen LogP contribution in [0.1, 0.15) is 23.3 Å². The lowest BCUT2D eigenvalue weighted by molar-refractivity contribution is 0.161. The van der Waals surface area contributed by atoms with E-state index in [1.807, 2.05) is 48.5 Å². The molecule has 8 nitrogen and oxygen atoms in total. The molecule has 1 atom stereocenters. The minimum Gasteiger partial charge on any atom is -0.418 e. The quantitative estimate of drug-likeness (QED) is 0.708. The molecule has 3 heterocycles. The van der Waals surface area contributed by atoms with E-state index in [0.717, 1.165) is 17.1 Å². The predicted molar refractivity (Wildman–Crippen MR) is 88.1 cm³/mol. The van der Waals surface area contributed by atoms with Crippen molar-refractivity contribution in [2.45, 2.75) is 19.5 Å². The number of rotatable bonds is 7. The third-order valence-electron chi connectivity index (χ3n) is 4.11. The standard InChI is InChI=1S/C16H22N6O2/c1-11-5-6-14(21(11)2)16-20-19-15(24-16)9-17-12(10-23-4)13-7-8-18-22(13)3/h5-8,12,17H,9-10H2,1-4H3/t12-/m0/s1. The number of methoxy groups -OCH3 is 1. The first-order valence-electron chi connectivity index (χ1n) is 7.75. The zero-order valence-corrected chi connectivity index (χ0v) is 14.4. The van der Waals surface area contributed by atoms with Crippen LogP contribution in [0.3, 0.4) is 0 Å². The highest BCUT2D eigenvalue weighted by Crippen LogP contribution is 2.20. The third-order valence-corrected chi connectivity index (χ3v) is 4.11. The van der Waals surface area contributed by atoms with Gasteiger partial charge in [0.25, 0.3) is 5.89 Å².